The highest BCUT2D eigenvalue weighted by Crippen LogP contribution is 2.01. The molecule has 1 fully saturated rings. The van der Waals surface area contributed by atoms with Gasteiger partial charge in [-0.2, -0.15) is 0 Å². The third-order valence-corrected chi connectivity index (χ3v) is 2.38. The first kappa shape index (κ1) is 11.1. The van der Waals surface area contributed by atoms with Crippen molar-refractivity contribution in [1.29, 1.82) is 0 Å². The Balaban J connectivity index is 1.67. The summed E-state index contributed by atoms with van der Waals surface area (Å²) >= 11 is 0. The molecular formula is C10H15N3O3. The predicted molar refractivity (Wildman–Crippen MR) is 55.6 cm³/mol. The van der Waals surface area contributed by atoms with Crippen molar-refractivity contribution < 1.29 is 14.1 Å². The van der Waals surface area contributed by atoms with E-state index in [1.165, 1.54) is 6.26 Å². The van der Waals surface area contributed by atoms with Crippen LogP contribution in [-0.2, 0) is 16.1 Å². The molecule has 1 aliphatic rings. The van der Waals surface area contributed by atoms with Crippen LogP contribution in [0.3, 0.4) is 0 Å². The molecule has 88 valence electrons. The van der Waals surface area contributed by atoms with Crippen LogP contribution in [0.15, 0.2) is 16.9 Å². The number of amides is 1. The predicted octanol–water partition coefficient (Wildman–Crippen LogP) is -0.331. The van der Waals surface area contributed by atoms with Crippen molar-refractivity contribution in [2.45, 2.75) is 19.1 Å². The van der Waals surface area contributed by atoms with Crippen LogP contribution in [0, 0.1) is 0 Å². The first-order chi connectivity index (χ1) is 7.84. The number of carbonyl (C=O) groups is 1. The van der Waals surface area contributed by atoms with E-state index >= 15 is 0 Å². The quantitative estimate of drug-likeness (QED) is 0.733. The normalized spacial score (nSPS) is 20.6. The number of carbonyl (C=O) groups excluding carboxylic acids is 1. The summed E-state index contributed by atoms with van der Waals surface area (Å²) in [6.07, 6.45) is 1.84. The Morgan fingerprint density at radius 2 is 2.62 bits per heavy atom. The Labute approximate surface area is 93.3 Å². The molecule has 2 heterocycles. The lowest BCUT2D eigenvalue weighted by molar-refractivity contribution is -0.124. The first-order valence-corrected chi connectivity index (χ1v) is 5.33. The molecule has 0 spiro atoms. The zero-order valence-electron chi connectivity index (χ0n) is 8.94. The van der Waals surface area contributed by atoms with Gasteiger partial charge in [0.05, 0.1) is 25.7 Å². The number of nitrogens with one attached hydrogen (secondary N) is 2. The summed E-state index contributed by atoms with van der Waals surface area (Å²) in [4.78, 5) is 11.5. The summed E-state index contributed by atoms with van der Waals surface area (Å²) in [6, 6.07) is 1.72. The molecular weight excluding hydrogens is 210 g/mol. The van der Waals surface area contributed by atoms with Crippen LogP contribution in [0.2, 0.25) is 0 Å². The fourth-order valence-corrected chi connectivity index (χ4v) is 1.55. The van der Waals surface area contributed by atoms with Gasteiger partial charge in [0, 0.05) is 19.2 Å². The molecule has 0 saturated carbocycles. The van der Waals surface area contributed by atoms with E-state index in [4.69, 9.17) is 4.74 Å². The number of rotatable bonds is 4. The summed E-state index contributed by atoms with van der Waals surface area (Å²) in [7, 11) is 0. The van der Waals surface area contributed by atoms with Gasteiger partial charge in [0.1, 0.15) is 12.0 Å². The summed E-state index contributed by atoms with van der Waals surface area (Å²) in [5, 5.41) is 9.64. The lowest BCUT2D eigenvalue weighted by atomic mass is 10.2. The van der Waals surface area contributed by atoms with Crippen LogP contribution in [0.4, 0.5) is 0 Å². The monoisotopic (exact) mass is 225 g/mol. The number of morpholine rings is 1. The molecule has 16 heavy (non-hydrogen) atoms. The highest BCUT2D eigenvalue weighted by molar-refractivity contribution is 5.76. The second-order valence-corrected chi connectivity index (χ2v) is 3.67. The van der Waals surface area contributed by atoms with Crippen LogP contribution >= 0.6 is 0 Å². The number of ether oxygens (including phenoxy) is 1. The number of nitrogens with zero attached hydrogens (tertiary/aromatic N) is 1. The van der Waals surface area contributed by atoms with E-state index in [0.29, 0.717) is 19.6 Å². The van der Waals surface area contributed by atoms with Gasteiger partial charge in [0.2, 0.25) is 5.91 Å². The van der Waals surface area contributed by atoms with Crippen LogP contribution in [0.25, 0.3) is 0 Å². The maximum Gasteiger partial charge on any atom is 0.222 e. The van der Waals surface area contributed by atoms with Gasteiger partial charge in [-0.3, -0.25) is 4.79 Å². The van der Waals surface area contributed by atoms with Gasteiger partial charge in [-0.1, -0.05) is 5.16 Å². The Morgan fingerprint density at radius 3 is 3.31 bits per heavy atom. The molecule has 0 aromatic carbocycles. The van der Waals surface area contributed by atoms with E-state index in [1.807, 2.05) is 0 Å². The minimum Gasteiger partial charge on any atom is -0.375 e. The summed E-state index contributed by atoms with van der Waals surface area (Å²) in [6.45, 7) is 2.66. The lowest BCUT2D eigenvalue weighted by Gasteiger charge is -2.22. The molecule has 2 N–H and O–H groups in total. The molecule has 0 aliphatic carbocycles. The van der Waals surface area contributed by atoms with Crippen molar-refractivity contribution in [3.8, 4) is 0 Å². The molecule has 2 rings (SSSR count). The van der Waals surface area contributed by atoms with Gasteiger partial charge in [0.15, 0.2) is 0 Å². The average Bonchev–Trinajstić information content (AvgIpc) is 2.81. The van der Waals surface area contributed by atoms with Gasteiger partial charge in [-0.25, -0.2) is 0 Å². The molecule has 6 heteroatoms. The van der Waals surface area contributed by atoms with Gasteiger partial charge >= 0.3 is 0 Å². The molecule has 6 nitrogen and oxygen atoms in total. The smallest absolute Gasteiger partial charge is 0.222 e. The van der Waals surface area contributed by atoms with E-state index in [9.17, 15) is 4.79 Å². The van der Waals surface area contributed by atoms with E-state index < -0.39 is 0 Å². The minimum absolute atomic E-state index is 0.0222. The topological polar surface area (TPSA) is 76.4 Å². The highest BCUT2D eigenvalue weighted by Gasteiger charge is 2.17. The maximum atomic E-state index is 11.5. The number of aromatic nitrogens is 1. The van der Waals surface area contributed by atoms with Crippen LogP contribution in [-0.4, -0.2) is 36.9 Å². The fraction of sp³-hybridized carbons (Fsp3) is 0.600. The minimum atomic E-state index is -0.0308. The van der Waals surface area contributed by atoms with Gasteiger partial charge in [-0.05, 0) is 0 Å². The second-order valence-electron chi connectivity index (χ2n) is 3.67. The van der Waals surface area contributed by atoms with Gasteiger partial charge in [-0.15, -0.1) is 0 Å². The van der Waals surface area contributed by atoms with Crippen molar-refractivity contribution in [3.63, 3.8) is 0 Å². The van der Waals surface area contributed by atoms with E-state index in [1.54, 1.807) is 6.07 Å². The third kappa shape index (κ3) is 3.32. The average molecular weight is 225 g/mol. The SMILES string of the molecule is O=C(CC1CNCCO1)NCc1ccon1. The Kier molecular flexibility index (Phi) is 3.90. The van der Waals surface area contributed by atoms with Crippen LogP contribution in [0.5, 0.6) is 0 Å². The second kappa shape index (κ2) is 5.62. The summed E-state index contributed by atoms with van der Waals surface area (Å²) < 4.78 is 10.1. The Hall–Kier alpha value is -1.40. The molecule has 1 saturated heterocycles. The third-order valence-electron chi connectivity index (χ3n) is 2.38. The maximum absolute atomic E-state index is 11.5. The summed E-state index contributed by atoms with van der Waals surface area (Å²) in [5.74, 6) is -0.0308. The zero-order chi connectivity index (χ0) is 11.2. The standard InChI is InChI=1S/C10H15N3O3/c14-10(5-9-7-11-2-4-15-9)12-6-8-1-3-16-13-8/h1,3,9,11H,2,4-7H2,(H,12,14). The molecule has 0 bridgehead atoms. The number of hydrogen-bond acceptors (Lipinski definition) is 5. The molecule has 0 radical (unpaired) electrons. The first-order valence-electron chi connectivity index (χ1n) is 5.33. The van der Waals surface area contributed by atoms with Gasteiger partial charge < -0.3 is 19.9 Å². The number of hydrogen-bond donors (Lipinski definition) is 2. The molecule has 1 aromatic heterocycles. The largest absolute Gasteiger partial charge is 0.375 e. The van der Waals surface area contributed by atoms with Crippen LogP contribution < -0.4 is 10.6 Å². The zero-order valence-corrected chi connectivity index (χ0v) is 8.94. The molecule has 1 aromatic rings. The Bertz CT molecular complexity index is 320. The van der Waals surface area contributed by atoms with E-state index in [2.05, 4.69) is 20.3 Å². The van der Waals surface area contributed by atoms with Crippen molar-refractivity contribution in [1.82, 2.24) is 15.8 Å². The van der Waals surface area contributed by atoms with Crippen molar-refractivity contribution >= 4 is 5.91 Å². The van der Waals surface area contributed by atoms with Crippen LogP contribution in [0.1, 0.15) is 12.1 Å². The molecule has 1 aliphatic heterocycles. The highest BCUT2D eigenvalue weighted by atomic mass is 16.5. The van der Waals surface area contributed by atoms with Crippen molar-refractivity contribution in [3.05, 3.63) is 18.0 Å². The molecule has 1 atom stereocenters. The fourth-order valence-electron chi connectivity index (χ4n) is 1.55. The molecule has 1 unspecified atom stereocenters. The van der Waals surface area contributed by atoms with Crippen molar-refractivity contribution in [2.75, 3.05) is 19.7 Å². The van der Waals surface area contributed by atoms with Gasteiger partial charge in [0.25, 0.3) is 0 Å². The summed E-state index contributed by atoms with van der Waals surface area (Å²) in [5.41, 5.74) is 0.719. The Morgan fingerprint density at radius 1 is 1.69 bits per heavy atom. The lowest BCUT2D eigenvalue weighted by Crippen LogP contribution is -2.41. The van der Waals surface area contributed by atoms with E-state index in [0.717, 1.165) is 18.8 Å². The van der Waals surface area contributed by atoms with E-state index in [-0.39, 0.29) is 12.0 Å². The van der Waals surface area contributed by atoms with Crippen molar-refractivity contribution in [2.24, 2.45) is 0 Å². The molecule has 1 amide bonds.